The van der Waals surface area contributed by atoms with Crippen molar-refractivity contribution in [1.29, 1.82) is 0 Å². The summed E-state index contributed by atoms with van der Waals surface area (Å²) >= 11 is 0.978. The van der Waals surface area contributed by atoms with Crippen molar-refractivity contribution in [3.8, 4) is 0 Å². The largest absolute Gasteiger partial charge is 0.460 e. The molecule has 0 spiro atoms. The maximum absolute atomic E-state index is 10.9. The van der Waals surface area contributed by atoms with Crippen LogP contribution < -0.4 is 5.32 Å². The molecule has 0 saturated carbocycles. The van der Waals surface area contributed by atoms with Gasteiger partial charge in [-0.25, -0.2) is 0 Å². The van der Waals surface area contributed by atoms with Crippen molar-refractivity contribution in [2.75, 3.05) is 6.54 Å². The Hall–Kier alpha value is -1.41. The number of nitroso groups, excluding NO2 is 1. The van der Waals surface area contributed by atoms with Gasteiger partial charge in [-0.2, -0.15) is 5.06 Å². The van der Waals surface area contributed by atoms with Crippen LogP contribution in [0.15, 0.2) is 27.2 Å². The van der Waals surface area contributed by atoms with Gasteiger partial charge in [0.1, 0.15) is 16.6 Å². The predicted molar refractivity (Wildman–Crippen MR) is 110 cm³/mol. The van der Waals surface area contributed by atoms with Crippen LogP contribution in [0.1, 0.15) is 70.6 Å². The Balaban J connectivity index is 2.03. The summed E-state index contributed by atoms with van der Waals surface area (Å²) in [5.74, 6) is 0.728. The highest BCUT2D eigenvalue weighted by Crippen LogP contribution is 2.49. The molecule has 0 aliphatic carbocycles. The lowest BCUT2D eigenvalue weighted by molar-refractivity contribution is -0.216. The maximum Gasteiger partial charge on any atom is 0.134 e. The van der Waals surface area contributed by atoms with Gasteiger partial charge in [-0.3, -0.25) is 0 Å². The number of benzene rings is 1. The fraction of sp³-hybridized carbons (Fsp3) is 0.600. The van der Waals surface area contributed by atoms with Crippen LogP contribution in [0.3, 0.4) is 0 Å². The molecule has 1 aliphatic heterocycles. The fourth-order valence-electron chi connectivity index (χ4n) is 3.85. The second kappa shape index (κ2) is 6.58. The first-order valence-corrected chi connectivity index (χ1v) is 10.0. The average molecular weight is 392 g/mol. The molecule has 0 bridgehead atoms. The van der Waals surface area contributed by atoms with E-state index in [9.17, 15) is 10.1 Å². The van der Waals surface area contributed by atoms with E-state index in [0.29, 0.717) is 6.54 Å². The van der Waals surface area contributed by atoms with Gasteiger partial charge in [-0.15, -0.1) is 4.91 Å². The molecule has 1 aromatic carbocycles. The summed E-state index contributed by atoms with van der Waals surface area (Å²) in [6, 6.07) is 6.08. The second-order valence-corrected chi connectivity index (χ2v) is 10.2. The minimum Gasteiger partial charge on any atom is -0.460 e. The van der Waals surface area contributed by atoms with E-state index < -0.39 is 11.1 Å². The highest BCUT2D eigenvalue weighted by molar-refractivity contribution is 7.98. The first-order chi connectivity index (χ1) is 12.4. The van der Waals surface area contributed by atoms with Gasteiger partial charge in [0.05, 0.1) is 11.1 Å². The molecule has 3 rings (SSSR count). The number of hydroxylamine groups is 2. The molecule has 0 amide bonds. The van der Waals surface area contributed by atoms with Crippen LogP contribution in [-0.2, 0) is 11.1 Å². The molecule has 2 N–H and O–H groups in total. The Morgan fingerprint density at radius 3 is 2.33 bits per heavy atom. The third kappa shape index (κ3) is 3.53. The van der Waals surface area contributed by atoms with Crippen molar-refractivity contribution in [2.45, 2.75) is 70.3 Å². The Labute approximate surface area is 164 Å². The number of hydrogen-bond acceptors (Lipinski definition) is 7. The van der Waals surface area contributed by atoms with Crippen LogP contribution in [0.4, 0.5) is 0 Å². The van der Waals surface area contributed by atoms with Crippen molar-refractivity contribution < 1.29 is 9.62 Å². The first kappa shape index (κ1) is 20.3. The third-order valence-corrected chi connectivity index (χ3v) is 6.10. The van der Waals surface area contributed by atoms with Crippen LogP contribution >= 0.6 is 11.9 Å². The number of rotatable bonds is 5. The van der Waals surface area contributed by atoms with Gasteiger partial charge in [0, 0.05) is 34.0 Å². The standard InChI is InChI=1S/C20H29N3O3S/c1-18(2,3)21-11-17(27-22-24)16-9-12-8-13-14(10-15(12)26-16)20(6,7)23(25)19(13,4)5/h8-10,17,21,25H,11H2,1-7H3. The van der Waals surface area contributed by atoms with Gasteiger partial charge in [0.25, 0.3) is 0 Å². The SMILES string of the molecule is CC(C)(C)NCC(SN=O)c1cc2cc3c(cc2o1)C(C)(C)N(O)C3(C)C. The first-order valence-electron chi connectivity index (χ1n) is 9.19. The van der Waals surface area contributed by atoms with E-state index in [0.717, 1.165) is 39.8 Å². The molecule has 0 radical (unpaired) electrons. The zero-order valence-corrected chi connectivity index (χ0v) is 17.9. The molecular weight excluding hydrogens is 362 g/mol. The Morgan fingerprint density at radius 1 is 1.19 bits per heavy atom. The molecule has 2 aromatic rings. The molecule has 1 aromatic heterocycles. The van der Waals surface area contributed by atoms with Crippen LogP contribution in [0, 0.1) is 4.91 Å². The highest BCUT2D eigenvalue weighted by Gasteiger charge is 2.49. The van der Waals surface area contributed by atoms with Gasteiger partial charge in [-0.05, 0) is 77.8 Å². The molecule has 6 nitrogen and oxygen atoms in total. The van der Waals surface area contributed by atoms with Crippen LogP contribution in [0.25, 0.3) is 11.0 Å². The predicted octanol–water partition coefficient (Wildman–Crippen LogP) is 5.45. The lowest BCUT2D eigenvalue weighted by Gasteiger charge is -2.34. The zero-order chi connectivity index (χ0) is 20.2. The summed E-state index contributed by atoms with van der Waals surface area (Å²) in [5, 5.41) is 16.2. The number of hydrogen-bond donors (Lipinski definition) is 2. The minimum atomic E-state index is -0.508. The second-order valence-electron chi connectivity index (χ2n) is 9.31. The van der Waals surface area contributed by atoms with Gasteiger partial charge in [0.15, 0.2) is 0 Å². The summed E-state index contributed by atoms with van der Waals surface area (Å²) in [6.07, 6.45) is 0. The molecule has 1 atom stereocenters. The topological polar surface area (TPSA) is 78.1 Å². The molecule has 1 aliphatic rings. The van der Waals surface area contributed by atoms with Crippen molar-refractivity contribution in [3.05, 3.63) is 40.0 Å². The third-order valence-electron chi connectivity index (χ3n) is 5.36. The Kier molecular flexibility index (Phi) is 4.96. The van der Waals surface area contributed by atoms with Crippen LogP contribution in [0.2, 0.25) is 0 Å². The van der Waals surface area contributed by atoms with Crippen molar-refractivity contribution in [2.24, 2.45) is 4.58 Å². The Bertz CT molecular complexity index is 814. The van der Waals surface area contributed by atoms with Gasteiger partial charge in [-0.1, -0.05) is 0 Å². The Morgan fingerprint density at radius 2 is 1.78 bits per heavy atom. The van der Waals surface area contributed by atoms with E-state index in [1.165, 1.54) is 5.06 Å². The fourth-order valence-corrected chi connectivity index (χ4v) is 4.33. The summed E-state index contributed by atoms with van der Waals surface area (Å²) in [5.41, 5.74) is 1.83. The lowest BCUT2D eigenvalue weighted by Crippen LogP contribution is -2.42. The molecule has 0 fully saturated rings. The van der Waals surface area contributed by atoms with Crippen LogP contribution in [0.5, 0.6) is 0 Å². The van der Waals surface area contributed by atoms with E-state index in [1.807, 2.05) is 39.8 Å². The van der Waals surface area contributed by atoms with E-state index in [-0.39, 0.29) is 10.8 Å². The number of fused-ring (bicyclic) bond motifs is 2. The monoisotopic (exact) mass is 391 g/mol. The van der Waals surface area contributed by atoms with Gasteiger partial charge in [0.2, 0.25) is 0 Å². The van der Waals surface area contributed by atoms with E-state index >= 15 is 0 Å². The van der Waals surface area contributed by atoms with Crippen molar-refractivity contribution >= 4 is 22.9 Å². The summed E-state index contributed by atoms with van der Waals surface area (Å²) < 4.78 is 9.14. The summed E-state index contributed by atoms with van der Waals surface area (Å²) in [7, 11) is 0. The number of nitrogens with zero attached hydrogens (tertiary/aromatic N) is 2. The molecule has 1 unspecified atom stereocenters. The number of furan rings is 1. The van der Waals surface area contributed by atoms with Crippen LogP contribution in [-0.4, -0.2) is 22.4 Å². The van der Waals surface area contributed by atoms with Crippen molar-refractivity contribution in [1.82, 2.24) is 10.4 Å². The normalized spacial score (nSPS) is 20.0. The van der Waals surface area contributed by atoms with E-state index in [4.69, 9.17) is 4.42 Å². The molecule has 2 heterocycles. The molecule has 148 valence electrons. The smallest absolute Gasteiger partial charge is 0.134 e. The molecular formula is C20H29N3O3S. The minimum absolute atomic E-state index is 0.0620. The zero-order valence-electron chi connectivity index (χ0n) is 17.1. The van der Waals surface area contributed by atoms with Gasteiger partial charge < -0.3 is 14.9 Å². The average Bonchev–Trinajstić information content (AvgIpc) is 3.02. The molecule has 7 heteroatoms. The summed E-state index contributed by atoms with van der Waals surface area (Å²) in [4.78, 5) is 10.9. The van der Waals surface area contributed by atoms with Crippen molar-refractivity contribution in [3.63, 3.8) is 0 Å². The quantitative estimate of drug-likeness (QED) is 0.521. The summed E-state index contributed by atoms with van der Waals surface area (Å²) in [6.45, 7) is 14.8. The highest BCUT2D eigenvalue weighted by atomic mass is 32.2. The molecule has 27 heavy (non-hydrogen) atoms. The number of nitrogens with one attached hydrogen (secondary N) is 1. The maximum atomic E-state index is 10.9. The lowest BCUT2D eigenvalue weighted by atomic mass is 9.89. The van der Waals surface area contributed by atoms with E-state index in [2.05, 4.69) is 36.7 Å². The van der Waals surface area contributed by atoms with Gasteiger partial charge >= 0.3 is 0 Å². The molecule has 0 saturated heterocycles. The van der Waals surface area contributed by atoms with E-state index in [1.54, 1.807) is 0 Å².